The molecule has 0 bridgehead atoms. The molecule has 166 valence electrons. The molecule has 10 heteroatoms. The lowest BCUT2D eigenvalue weighted by atomic mass is 9.98. The van der Waals surface area contributed by atoms with Gasteiger partial charge >= 0.3 is 6.03 Å². The third kappa shape index (κ3) is 5.44. The van der Waals surface area contributed by atoms with Gasteiger partial charge in [0.2, 0.25) is 5.01 Å². The van der Waals surface area contributed by atoms with Gasteiger partial charge in [-0.15, -0.1) is 10.2 Å². The number of benzene rings is 2. The first kappa shape index (κ1) is 21.8. The van der Waals surface area contributed by atoms with E-state index in [4.69, 9.17) is 0 Å². The summed E-state index contributed by atoms with van der Waals surface area (Å²) >= 11 is 1.21. The third-order valence-electron chi connectivity index (χ3n) is 5.21. The molecule has 2 N–H and O–H groups in total. The van der Waals surface area contributed by atoms with Crippen LogP contribution in [0, 0.1) is 11.6 Å². The second kappa shape index (κ2) is 9.82. The maximum absolute atomic E-state index is 13.3. The fourth-order valence-corrected chi connectivity index (χ4v) is 4.37. The lowest BCUT2D eigenvalue weighted by molar-refractivity contribution is 0.102. The van der Waals surface area contributed by atoms with E-state index in [1.807, 2.05) is 0 Å². The van der Waals surface area contributed by atoms with Crippen molar-refractivity contribution in [3.8, 4) is 0 Å². The van der Waals surface area contributed by atoms with Crippen LogP contribution in [-0.4, -0.2) is 40.1 Å². The highest BCUT2D eigenvalue weighted by atomic mass is 32.1. The van der Waals surface area contributed by atoms with Gasteiger partial charge in [0.1, 0.15) is 16.6 Å². The van der Waals surface area contributed by atoms with E-state index in [9.17, 15) is 18.4 Å². The van der Waals surface area contributed by atoms with E-state index >= 15 is 0 Å². The Kier molecular flexibility index (Phi) is 6.69. The number of nitrogens with zero attached hydrogens (tertiary/aromatic N) is 3. The summed E-state index contributed by atoms with van der Waals surface area (Å²) in [5, 5.41) is 14.6. The van der Waals surface area contributed by atoms with Gasteiger partial charge in [0.15, 0.2) is 0 Å². The molecule has 0 unspecified atom stereocenters. The van der Waals surface area contributed by atoms with Crippen LogP contribution >= 0.6 is 11.3 Å². The van der Waals surface area contributed by atoms with Gasteiger partial charge in [-0.25, -0.2) is 13.6 Å². The minimum absolute atomic E-state index is 0.115. The zero-order chi connectivity index (χ0) is 22.5. The SMILES string of the molecule is O=C(Nc1cccc(F)c1)c1nnc(C2CCN(C(=O)NCc3ccc(F)cc3)CC2)s1. The molecular weight excluding hydrogens is 436 g/mol. The summed E-state index contributed by atoms with van der Waals surface area (Å²) in [5.41, 5.74) is 1.18. The van der Waals surface area contributed by atoms with E-state index < -0.39 is 11.7 Å². The number of rotatable bonds is 5. The van der Waals surface area contributed by atoms with Crippen LogP contribution in [0.15, 0.2) is 48.5 Å². The smallest absolute Gasteiger partial charge is 0.317 e. The summed E-state index contributed by atoms with van der Waals surface area (Å²) in [6.07, 6.45) is 1.42. The highest BCUT2D eigenvalue weighted by Gasteiger charge is 2.27. The first-order valence-corrected chi connectivity index (χ1v) is 11.0. The molecule has 0 aliphatic carbocycles. The van der Waals surface area contributed by atoms with Gasteiger partial charge in [-0.05, 0) is 48.7 Å². The first-order chi connectivity index (χ1) is 15.5. The number of hydrogen-bond donors (Lipinski definition) is 2. The van der Waals surface area contributed by atoms with Gasteiger partial charge in [-0.2, -0.15) is 0 Å². The number of carbonyl (C=O) groups excluding carboxylic acids is 2. The van der Waals surface area contributed by atoms with Crippen molar-refractivity contribution in [2.24, 2.45) is 0 Å². The Bertz CT molecular complexity index is 1100. The Morgan fingerprint density at radius 1 is 1.03 bits per heavy atom. The molecule has 1 saturated heterocycles. The Labute approximate surface area is 187 Å². The van der Waals surface area contributed by atoms with E-state index in [1.165, 1.54) is 41.7 Å². The minimum Gasteiger partial charge on any atom is -0.334 e. The molecule has 1 aliphatic heterocycles. The monoisotopic (exact) mass is 457 g/mol. The van der Waals surface area contributed by atoms with Crippen molar-refractivity contribution < 1.29 is 18.4 Å². The highest BCUT2D eigenvalue weighted by Crippen LogP contribution is 2.30. The molecule has 2 aromatic carbocycles. The van der Waals surface area contributed by atoms with E-state index in [0.717, 1.165) is 10.6 Å². The average Bonchev–Trinajstić information content (AvgIpc) is 3.29. The Hall–Kier alpha value is -3.40. The Morgan fingerprint density at radius 3 is 2.50 bits per heavy atom. The zero-order valence-electron chi connectivity index (χ0n) is 17.1. The topological polar surface area (TPSA) is 87.2 Å². The Balaban J connectivity index is 1.27. The molecule has 3 amide bonds. The van der Waals surface area contributed by atoms with Crippen LogP contribution in [-0.2, 0) is 6.54 Å². The predicted molar refractivity (Wildman–Crippen MR) is 116 cm³/mol. The molecule has 0 saturated carbocycles. The fraction of sp³-hybridized carbons (Fsp3) is 0.273. The predicted octanol–water partition coefficient (Wildman–Crippen LogP) is 4.16. The average molecular weight is 458 g/mol. The number of likely N-dealkylation sites (tertiary alicyclic amines) is 1. The van der Waals surface area contributed by atoms with Crippen LogP contribution in [0.1, 0.15) is 39.1 Å². The summed E-state index contributed by atoms with van der Waals surface area (Å²) in [5.74, 6) is -1.07. The van der Waals surface area contributed by atoms with Crippen LogP contribution in [0.25, 0.3) is 0 Å². The molecule has 1 aliphatic rings. The number of urea groups is 1. The van der Waals surface area contributed by atoms with Crippen LogP contribution in [0.5, 0.6) is 0 Å². The van der Waals surface area contributed by atoms with E-state index in [1.54, 1.807) is 23.1 Å². The van der Waals surface area contributed by atoms with Gasteiger partial charge in [0, 0.05) is 31.2 Å². The summed E-state index contributed by atoms with van der Waals surface area (Å²) < 4.78 is 26.3. The van der Waals surface area contributed by atoms with Crippen LogP contribution in [0.3, 0.4) is 0 Å². The standard InChI is InChI=1S/C22H21F2N5O2S/c23-16-6-4-14(5-7-16)13-25-22(31)29-10-8-15(9-11-29)20-27-28-21(32-20)19(30)26-18-3-1-2-17(24)12-18/h1-7,12,15H,8-11,13H2,(H,25,31)(H,26,30). The van der Waals surface area contributed by atoms with Crippen molar-refractivity contribution >= 4 is 29.0 Å². The Morgan fingerprint density at radius 2 is 1.78 bits per heavy atom. The molecule has 2 heterocycles. The van der Waals surface area contributed by atoms with Gasteiger partial charge in [0.05, 0.1) is 0 Å². The van der Waals surface area contributed by atoms with Gasteiger partial charge < -0.3 is 15.5 Å². The zero-order valence-corrected chi connectivity index (χ0v) is 17.9. The van der Waals surface area contributed by atoms with Crippen molar-refractivity contribution in [1.82, 2.24) is 20.4 Å². The number of amides is 3. The summed E-state index contributed by atoms with van der Waals surface area (Å²) in [4.78, 5) is 26.5. The maximum atomic E-state index is 13.3. The fourth-order valence-electron chi connectivity index (χ4n) is 3.46. The van der Waals surface area contributed by atoms with Gasteiger partial charge in [-0.1, -0.05) is 29.5 Å². The molecule has 1 aromatic heterocycles. The number of hydrogen-bond acceptors (Lipinski definition) is 5. The quantitative estimate of drug-likeness (QED) is 0.602. The van der Waals surface area contributed by atoms with Crippen molar-refractivity contribution in [2.75, 3.05) is 18.4 Å². The number of piperidine rings is 1. The molecule has 0 spiro atoms. The second-order valence-corrected chi connectivity index (χ2v) is 8.47. The number of anilines is 1. The first-order valence-electron chi connectivity index (χ1n) is 10.2. The molecule has 4 rings (SSSR count). The number of carbonyl (C=O) groups is 2. The van der Waals surface area contributed by atoms with Crippen LogP contribution < -0.4 is 10.6 Å². The highest BCUT2D eigenvalue weighted by molar-refractivity contribution is 7.13. The molecule has 0 atom stereocenters. The summed E-state index contributed by atoms with van der Waals surface area (Å²) in [6.45, 7) is 1.45. The van der Waals surface area contributed by atoms with Crippen molar-refractivity contribution in [3.05, 3.63) is 75.7 Å². The number of nitrogens with one attached hydrogen (secondary N) is 2. The maximum Gasteiger partial charge on any atom is 0.317 e. The lowest BCUT2D eigenvalue weighted by Crippen LogP contribution is -2.43. The van der Waals surface area contributed by atoms with Crippen molar-refractivity contribution in [2.45, 2.75) is 25.3 Å². The van der Waals surface area contributed by atoms with Gasteiger partial charge in [0.25, 0.3) is 5.91 Å². The molecule has 7 nitrogen and oxygen atoms in total. The molecule has 3 aromatic rings. The second-order valence-electron chi connectivity index (χ2n) is 7.46. The summed E-state index contributed by atoms with van der Waals surface area (Å²) in [7, 11) is 0. The van der Waals surface area contributed by atoms with E-state index in [2.05, 4.69) is 20.8 Å². The van der Waals surface area contributed by atoms with E-state index in [-0.39, 0.29) is 22.8 Å². The molecule has 1 fully saturated rings. The minimum atomic E-state index is -0.436. The molecule has 32 heavy (non-hydrogen) atoms. The lowest BCUT2D eigenvalue weighted by Gasteiger charge is -2.31. The van der Waals surface area contributed by atoms with Crippen molar-refractivity contribution in [1.29, 1.82) is 0 Å². The third-order valence-corrected chi connectivity index (χ3v) is 6.29. The van der Waals surface area contributed by atoms with Crippen LogP contribution in [0.4, 0.5) is 19.3 Å². The van der Waals surface area contributed by atoms with Crippen molar-refractivity contribution in [3.63, 3.8) is 0 Å². The largest absolute Gasteiger partial charge is 0.334 e. The molecular formula is C22H21F2N5O2S. The number of halogens is 2. The summed E-state index contributed by atoms with van der Waals surface area (Å²) in [6, 6.07) is 11.5. The molecule has 0 radical (unpaired) electrons. The van der Waals surface area contributed by atoms with Crippen LogP contribution in [0.2, 0.25) is 0 Å². The van der Waals surface area contributed by atoms with E-state index in [0.29, 0.717) is 38.2 Å². The normalized spacial score (nSPS) is 14.2. The van der Waals surface area contributed by atoms with Gasteiger partial charge in [-0.3, -0.25) is 4.79 Å². The number of aromatic nitrogens is 2.